The molecule has 5 nitrogen and oxygen atoms in total. The van der Waals surface area contributed by atoms with E-state index in [0.717, 1.165) is 23.9 Å². The van der Waals surface area contributed by atoms with Crippen LogP contribution in [0.5, 0.6) is 0 Å². The lowest BCUT2D eigenvalue weighted by Gasteiger charge is -2.40. The van der Waals surface area contributed by atoms with E-state index < -0.39 is 5.60 Å². The highest BCUT2D eigenvalue weighted by atomic mass is 32.1. The largest absolute Gasteiger partial charge is 0.383 e. The fourth-order valence-electron chi connectivity index (χ4n) is 3.14. The Balaban J connectivity index is 1.95. The molecule has 6 heteroatoms. The average molecular weight is 367 g/mol. The lowest BCUT2D eigenvalue weighted by molar-refractivity contribution is 0.0654. The average Bonchev–Trinajstić information content (AvgIpc) is 3.14. The van der Waals surface area contributed by atoms with Crippen LogP contribution in [0.4, 0.5) is 0 Å². The fourth-order valence-corrected chi connectivity index (χ4v) is 3.93. The monoisotopic (exact) mass is 366 g/mol. The minimum atomic E-state index is -0.896. The van der Waals surface area contributed by atoms with Gasteiger partial charge in [-0.2, -0.15) is 0 Å². The quantitative estimate of drug-likeness (QED) is 0.513. The van der Waals surface area contributed by atoms with Gasteiger partial charge in [0.15, 0.2) is 5.96 Å². The van der Waals surface area contributed by atoms with Gasteiger partial charge < -0.3 is 15.7 Å². The van der Waals surface area contributed by atoms with Crippen molar-refractivity contribution in [3.8, 4) is 0 Å². The molecule has 1 aliphatic heterocycles. The SMILES string of the molecule is CCNC(=NCC(C)(C)N1CCCCC1)NCC(C)(O)c1cccs1. The normalized spacial score (nSPS) is 19.5. The Kier molecular flexibility index (Phi) is 7.28. The molecular formula is C19H34N4OS. The number of aliphatic imine (C=N–C) groups is 1. The third-order valence-electron chi connectivity index (χ3n) is 4.83. The zero-order chi connectivity index (χ0) is 18.3. The maximum absolute atomic E-state index is 10.7. The highest BCUT2D eigenvalue weighted by Gasteiger charge is 2.28. The van der Waals surface area contributed by atoms with Crippen molar-refractivity contribution in [1.29, 1.82) is 0 Å². The highest BCUT2D eigenvalue weighted by Crippen LogP contribution is 2.24. The molecule has 2 heterocycles. The van der Waals surface area contributed by atoms with Gasteiger partial charge in [-0.05, 0) is 65.1 Å². The van der Waals surface area contributed by atoms with E-state index >= 15 is 0 Å². The molecule has 142 valence electrons. The number of aliphatic hydroxyl groups is 1. The highest BCUT2D eigenvalue weighted by molar-refractivity contribution is 7.10. The van der Waals surface area contributed by atoms with Gasteiger partial charge in [-0.15, -0.1) is 11.3 Å². The van der Waals surface area contributed by atoms with E-state index in [0.29, 0.717) is 6.54 Å². The lowest BCUT2D eigenvalue weighted by Crippen LogP contribution is -2.50. The van der Waals surface area contributed by atoms with E-state index in [1.165, 1.54) is 32.4 Å². The van der Waals surface area contributed by atoms with Crippen LogP contribution >= 0.6 is 11.3 Å². The molecule has 0 bridgehead atoms. The molecule has 0 aliphatic carbocycles. The molecule has 0 aromatic carbocycles. The van der Waals surface area contributed by atoms with E-state index in [1.807, 2.05) is 24.4 Å². The smallest absolute Gasteiger partial charge is 0.191 e. The van der Waals surface area contributed by atoms with E-state index in [1.54, 1.807) is 11.3 Å². The minimum absolute atomic E-state index is 0.0546. The number of guanidine groups is 1. The van der Waals surface area contributed by atoms with Crippen LogP contribution in [0.1, 0.15) is 51.8 Å². The molecule has 25 heavy (non-hydrogen) atoms. The van der Waals surface area contributed by atoms with E-state index in [4.69, 9.17) is 4.99 Å². The second-order valence-corrected chi connectivity index (χ2v) is 8.61. The second-order valence-electron chi connectivity index (χ2n) is 7.66. The number of likely N-dealkylation sites (tertiary alicyclic amines) is 1. The number of hydrogen-bond acceptors (Lipinski definition) is 4. The van der Waals surface area contributed by atoms with Gasteiger partial charge in [0.1, 0.15) is 5.60 Å². The third kappa shape index (κ3) is 5.97. The fraction of sp³-hybridized carbons (Fsp3) is 0.737. The Morgan fingerprint density at radius 1 is 1.24 bits per heavy atom. The number of piperidine rings is 1. The maximum atomic E-state index is 10.7. The van der Waals surface area contributed by atoms with Gasteiger partial charge in [-0.25, -0.2) is 0 Å². The lowest BCUT2D eigenvalue weighted by atomic mass is 9.99. The molecule has 1 aromatic rings. The summed E-state index contributed by atoms with van der Waals surface area (Å²) in [6, 6.07) is 3.94. The predicted molar refractivity (Wildman–Crippen MR) is 107 cm³/mol. The van der Waals surface area contributed by atoms with Crippen molar-refractivity contribution in [3.05, 3.63) is 22.4 Å². The van der Waals surface area contributed by atoms with E-state index in [9.17, 15) is 5.11 Å². The Morgan fingerprint density at radius 3 is 2.56 bits per heavy atom. The first-order valence-electron chi connectivity index (χ1n) is 9.39. The predicted octanol–water partition coefficient (Wildman–Crippen LogP) is 2.78. The van der Waals surface area contributed by atoms with Crippen molar-refractivity contribution in [1.82, 2.24) is 15.5 Å². The van der Waals surface area contributed by atoms with Crippen LogP contribution in [0.2, 0.25) is 0 Å². The Labute approximate surface area is 156 Å². The zero-order valence-corrected chi connectivity index (χ0v) is 17.0. The van der Waals surface area contributed by atoms with Crippen molar-refractivity contribution >= 4 is 17.3 Å². The molecular weight excluding hydrogens is 332 g/mol. The molecule has 0 spiro atoms. The molecule has 0 amide bonds. The summed E-state index contributed by atoms with van der Waals surface area (Å²) in [5, 5.41) is 19.3. The number of nitrogens with zero attached hydrogens (tertiary/aromatic N) is 2. The van der Waals surface area contributed by atoms with Crippen LogP contribution in [0.25, 0.3) is 0 Å². The Bertz CT molecular complexity index is 534. The van der Waals surface area contributed by atoms with Crippen LogP contribution in [-0.4, -0.2) is 54.2 Å². The van der Waals surface area contributed by atoms with Gasteiger partial charge in [-0.3, -0.25) is 9.89 Å². The summed E-state index contributed by atoms with van der Waals surface area (Å²) < 4.78 is 0. The number of hydrogen-bond donors (Lipinski definition) is 3. The van der Waals surface area contributed by atoms with E-state index in [2.05, 4.69) is 36.3 Å². The first-order chi connectivity index (χ1) is 11.8. The van der Waals surface area contributed by atoms with Crippen LogP contribution in [0, 0.1) is 0 Å². The van der Waals surface area contributed by atoms with Crippen molar-refractivity contribution in [2.75, 3.05) is 32.7 Å². The van der Waals surface area contributed by atoms with Gasteiger partial charge >= 0.3 is 0 Å². The summed E-state index contributed by atoms with van der Waals surface area (Å²) in [5.74, 6) is 0.768. The van der Waals surface area contributed by atoms with Crippen LogP contribution < -0.4 is 10.6 Å². The molecule has 0 radical (unpaired) electrons. The van der Waals surface area contributed by atoms with Crippen molar-refractivity contribution in [2.45, 2.75) is 58.1 Å². The van der Waals surface area contributed by atoms with Crippen molar-refractivity contribution in [2.24, 2.45) is 4.99 Å². The van der Waals surface area contributed by atoms with Crippen molar-refractivity contribution in [3.63, 3.8) is 0 Å². The molecule has 1 unspecified atom stereocenters. The molecule has 1 aromatic heterocycles. The Morgan fingerprint density at radius 2 is 1.96 bits per heavy atom. The second kappa shape index (κ2) is 9.01. The number of nitrogens with one attached hydrogen (secondary N) is 2. The van der Waals surface area contributed by atoms with E-state index in [-0.39, 0.29) is 5.54 Å². The zero-order valence-electron chi connectivity index (χ0n) is 16.1. The summed E-state index contributed by atoms with van der Waals surface area (Å²) in [6.45, 7) is 12.8. The summed E-state index contributed by atoms with van der Waals surface area (Å²) in [4.78, 5) is 8.30. The maximum Gasteiger partial charge on any atom is 0.191 e. The van der Waals surface area contributed by atoms with Gasteiger partial charge in [-0.1, -0.05) is 12.5 Å². The topological polar surface area (TPSA) is 59.9 Å². The number of rotatable bonds is 7. The minimum Gasteiger partial charge on any atom is -0.383 e. The van der Waals surface area contributed by atoms with Crippen molar-refractivity contribution < 1.29 is 5.11 Å². The summed E-state index contributed by atoms with van der Waals surface area (Å²) in [6.07, 6.45) is 3.92. The van der Waals surface area contributed by atoms with Crippen LogP contribution in [0.3, 0.4) is 0 Å². The molecule has 0 saturated carbocycles. The number of thiophene rings is 1. The van der Waals surface area contributed by atoms with Gasteiger partial charge in [0.25, 0.3) is 0 Å². The van der Waals surface area contributed by atoms with Gasteiger partial charge in [0.2, 0.25) is 0 Å². The van der Waals surface area contributed by atoms with Gasteiger partial charge in [0.05, 0.1) is 13.1 Å². The molecule has 1 fully saturated rings. The summed E-state index contributed by atoms with van der Waals surface area (Å²) in [5.41, 5.74) is -0.841. The first-order valence-corrected chi connectivity index (χ1v) is 10.3. The molecule has 2 rings (SSSR count). The Hall–Kier alpha value is -1.11. The summed E-state index contributed by atoms with van der Waals surface area (Å²) >= 11 is 1.57. The molecule has 1 saturated heterocycles. The molecule has 1 atom stereocenters. The first kappa shape index (κ1) is 20.2. The summed E-state index contributed by atoms with van der Waals surface area (Å²) in [7, 11) is 0. The molecule has 3 N–H and O–H groups in total. The molecule has 1 aliphatic rings. The van der Waals surface area contributed by atoms with Gasteiger partial charge in [0, 0.05) is 17.0 Å². The van der Waals surface area contributed by atoms with Crippen LogP contribution in [0.15, 0.2) is 22.5 Å². The standard InChI is InChI=1S/C19H34N4OS/c1-5-20-17(22-15-19(4,24)16-10-9-13-25-16)21-14-18(2,3)23-11-7-6-8-12-23/h9-10,13,24H,5-8,11-12,14-15H2,1-4H3,(H2,20,21,22). The van der Waals surface area contributed by atoms with Crippen LogP contribution in [-0.2, 0) is 5.60 Å². The third-order valence-corrected chi connectivity index (χ3v) is 5.96.